The van der Waals surface area contributed by atoms with E-state index in [9.17, 15) is 9.59 Å². The number of nitrogens with zero attached hydrogens (tertiary/aromatic N) is 1. The minimum absolute atomic E-state index is 0.312. The van der Waals surface area contributed by atoms with Crippen LogP contribution in [0.4, 0.5) is 11.5 Å². The first-order valence-corrected chi connectivity index (χ1v) is 10.5. The van der Waals surface area contributed by atoms with Crippen LogP contribution in [-0.4, -0.2) is 22.5 Å². The minimum atomic E-state index is -0.390. The minimum Gasteiger partial charge on any atom is -0.321 e. The van der Waals surface area contributed by atoms with Crippen molar-refractivity contribution in [2.45, 2.75) is 13.8 Å². The maximum Gasteiger partial charge on any atom is 0.258 e. The fourth-order valence-corrected chi connectivity index (χ4v) is 3.59. The first-order chi connectivity index (χ1) is 14.2. The van der Waals surface area contributed by atoms with E-state index in [-0.39, 0.29) is 11.8 Å². The molecule has 0 bridgehead atoms. The summed E-state index contributed by atoms with van der Waals surface area (Å²) in [6.07, 6.45) is 1.59. The van der Waals surface area contributed by atoms with E-state index < -0.39 is 0 Å². The summed E-state index contributed by atoms with van der Waals surface area (Å²) >= 11 is 6.72. The first-order valence-electron chi connectivity index (χ1n) is 8.94. The molecular formula is C22H18Br2N4O2. The van der Waals surface area contributed by atoms with Crippen molar-refractivity contribution in [2.24, 2.45) is 0 Å². The normalized spacial score (nSPS) is 10.4. The van der Waals surface area contributed by atoms with Gasteiger partial charge in [0.25, 0.3) is 11.8 Å². The summed E-state index contributed by atoms with van der Waals surface area (Å²) in [7, 11) is 0. The van der Waals surface area contributed by atoms with Crippen LogP contribution in [0.5, 0.6) is 0 Å². The fraction of sp³-hybridized carbons (Fsp3) is 0.0909. The molecule has 0 aliphatic heterocycles. The summed E-state index contributed by atoms with van der Waals surface area (Å²) in [5.41, 5.74) is 3.07. The quantitative estimate of drug-likeness (QED) is 0.364. The fourth-order valence-electron chi connectivity index (χ4n) is 2.78. The van der Waals surface area contributed by atoms with E-state index in [0.717, 1.165) is 20.1 Å². The van der Waals surface area contributed by atoms with Gasteiger partial charge in [0, 0.05) is 26.4 Å². The van der Waals surface area contributed by atoms with Crippen LogP contribution in [0.2, 0.25) is 0 Å². The van der Waals surface area contributed by atoms with Crippen molar-refractivity contribution < 1.29 is 9.59 Å². The van der Waals surface area contributed by atoms with Gasteiger partial charge in [-0.2, -0.15) is 0 Å². The second kappa shape index (κ2) is 9.32. The SMILES string of the molecule is CC(=N)c1ccc(C(=O)Nc2c(C)cc(Br)cc2C(=O)Nc2ccc(Br)cn2)cc1. The Bertz CT molecular complexity index is 1130. The lowest BCUT2D eigenvalue weighted by molar-refractivity contribution is 0.102. The van der Waals surface area contributed by atoms with E-state index in [1.807, 2.05) is 13.0 Å². The third-order valence-electron chi connectivity index (χ3n) is 4.33. The van der Waals surface area contributed by atoms with Crippen molar-refractivity contribution >= 4 is 60.9 Å². The topological polar surface area (TPSA) is 94.9 Å². The van der Waals surface area contributed by atoms with E-state index in [1.165, 1.54) is 0 Å². The molecule has 1 heterocycles. The van der Waals surface area contributed by atoms with E-state index in [2.05, 4.69) is 47.5 Å². The van der Waals surface area contributed by atoms with Crippen LogP contribution in [0.15, 0.2) is 63.7 Å². The van der Waals surface area contributed by atoms with Crippen LogP contribution in [0.1, 0.15) is 38.8 Å². The van der Waals surface area contributed by atoms with Crippen molar-refractivity contribution in [1.29, 1.82) is 5.41 Å². The Labute approximate surface area is 190 Å². The molecule has 0 aliphatic carbocycles. The van der Waals surface area contributed by atoms with Gasteiger partial charge in [-0.15, -0.1) is 0 Å². The monoisotopic (exact) mass is 528 g/mol. The molecule has 2 aromatic carbocycles. The zero-order valence-corrected chi connectivity index (χ0v) is 19.4. The smallest absolute Gasteiger partial charge is 0.258 e. The molecule has 6 nitrogen and oxygen atoms in total. The molecule has 0 spiro atoms. The molecule has 30 heavy (non-hydrogen) atoms. The Morgan fingerprint density at radius 3 is 2.17 bits per heavy atom. The van der Waals surface area contributed by atoms with Gasteiger partial charge in [-0.1, -0.05) is 28.1 Å². The summed E-state index contributed by atoms with van der Waals surface area (Å²) < 4.78 is 1.52. The zero-order chi connectivity index (χ0) is 21.8. The maximum absolute atomic E-state index is 12.9. The summed E-state index contributed by atoms with van der Waals surface area (Å²) in [5, 5.41) is 13.3. The van der Waals surface area contributed by atoms with Crippen LogP contribution < -0.4 is 10.6 Å². The van der Waals surface area contributed by atoms with Gasteiger partial charge in [-0.3, -0.25) is 9.59 Å². The van der Waals surface area contributed by atoms with Gasteiger partial charge in [-0.25, -0.2) is 4.98 Å². The summed E-state index contributed by atoms with van der Waals surface area (Å²) in [6.45, 7) is 3.50. The van der Waals surface area contributed by atoms with Crippen molar-refractivity contribution in [3.63, 3.8) is 0 Å². The summed E-state index contributed by atoms with van der Waals surface area (Å²) in [5.74, 6) is -0.333. The molecule has 2 amide bonds. The Balaban J connectivity index is 1.88. The highest BCUT2D eigenvalue weighted by Gasteiger charge is 2.18. The molecule has 0 fully saturated rings. The largest absolute Gasteiger partial charge is 0.321 e. The number of carbonyl (C=O) groups excluding carboxylic acids is 2. The number of aryl methyl sites for hydroxylation is 1. The highest BCUT2D eigenvalue weighted by molar-refractivity contribution is 9.10. The lowest BCUT2D eigenvalue weighted by Crippen LogP contribution is -2.19. The van der Waals surface area contributed by atoms with Gasteiger partial charge >= 0.3 is 0 Å². The summed E-state index contributed by atoms with van der Waals surface area (Å²) in [6, 6.07) is 13.7. The molecule has 0 aliphatic rings. The molecule has 0 atom stereocenters. The van der Waals surface area contributed by atoms with Gasteiger partial charge in [0.05, 0.1) is 11.3 Å². The van der Waals surface area contributed by atoms with Crippen LogP contribution in [-0.2, 0) is 0 Å². The number of carbonyl (C=O) groups is 2. The maximum atomic E-state index is 12.9. The number of pyridine rings is 1. The zero-order valence-electron chi connectivity index (χ0n) is 16.2. The van der Waals surface area contributed by atoms with Crippen LogP contribution >= 0.6 is 31.9 Å². The number of benzene rings is 2. The lowest BCUT2D eigenvalue weighted by Gasteiger charge is -2.15. The van der Waals surface area contributed by atoms with E-state index in [4.69, 9.17) is 5.41 Å². The predicted molar refractivity (Wildman–Crippen MR) is 126 cm³/mol. The summed E-state index contributed by atoms with van der Waals surface area (Å²) in [4.78, 5) is 29.8. The van der Waals surface area contributed by atoms with Gasteiger partial charge in [-0.05, 0) is 77.3 Å². The molecule has 0 saturated carbocycles. The number of hydrogen-bond donors (Lipinski definition) is 3. The molecule has 8 heteroatoms. The van der Waals surface area contributed by atoms with Crippen LogP contribution in [0, 0.1) is 12.3 Å². The van der Waals surface area contributed by atoms with Gasteiger partial charge < -0.3 is 16.0 Å². The van der Waals surface area contributed by atoms with Crippen molar-refractivity contribution in [1.82, 2.24) is 4.98 Å². The van der Waals surface area contributed by atoms with E-state index >= 15 is 0 Å². The Morgan fingerprint density at radius 2 is 1.57 bits per heavy atom. The number of nitrogens with one attached hydrogen (secondary N) is 3. The molecular weight excluding hydrogens is 512 g/mol. The molecule has 1 aromatic heterocycles. The van der Waals surface area contributed by atoms with E-state index in [1.54, 1.807) is 55.6 Å². The number of hydrogen-bond acceptors (Lipinski definition) is 4. The van der Waals surface area contributed by atoms with Crippen LogP contribution in [0.25, 0.3) is 0 Å². The highest BCUT2D eigenvalue weighted by atomic mass is 79.9. The average Bonchev–Trinajstić information content (AvgIpc) is 2.71. The predicted octanol–water partition coefficient (Wildman–Crippen LogP) is 5.81. The van der Waals surface area contributed by atoms with Gasteiger partial charge in [0.15, 0.2) is 0 Å². The van der Waals surface area contributed by atoms with E-state index in [0.29, 0.717) is 28.3 Å². The highest BCUT2D eigenvalue weighted by Crippen LogP contribution is 2.27. The lowest BCUT2D eigenvalue weighted by atomic mass is 10.1. The Morgan fingerprint density at radius 1 is 0.900 bits per heavy atom. The van der Waals surface area contributed by atoms with Crippen molar-refractivity contribution in [3.05, 3.63) is 85.9 Å². The second-order valence-electron chi connectivity index (χ2n) is 6.62. The molecule has 0 saturated heterocycles. The Kier molecular flexibility index (Phi) is 6.79. The molecule has 0 unspecified atom stereocenters. The number of halogens is 2. The first kappa shape index (κ1) is 21.9. The molecule has 0 radical (unpaired) electrons. The molecule has 3 N–H and O–H groups in total. The number of anilines is 2. The Hall–Kier alpha value is -2.84. The van der Waals surface area contributed by atoms with Crippen molar-refractivity contribution in [3.8, 4) is 0 Å². The number of rotatable bonds is 5. The average molecular weight is 530 g/mol. The molecule has 3 aromatic rings. The number of aromatic nitrogens is 1. The van der Waals surface area contributed by atoms with Crippen LogP contribution in [0.3, 0.4) is 0 Å². The van der Waals surface area contributed by atoms with Crippen molar-refractivity contribution in [2.75, 3.05) is 10.6 Å². The third-order valence-corrected chi connectivity index (χ3v) is 5.26. The third kappa shape index (κ3) is 5.20. The van der Waals surface area contributed by atoms with Gasteiger partial charge in [0.2, 0.25) is 0 Å². The van der Waals surface area contributed by atoms with Gasteiger partial charge in [0.1, 0.15) is 5.82 Å². The molecule has 3 rings (SSSR count). The standard InChI is InChI=1S/C22H18Br2N4O2/c1-12-9-17(24)10-18(22(30)27-19-8-7-16(23)11-26-19)20(12)28-21(29)15-5-3-14(4-6-15)13(2)25/h3-11,25H,1-2H3,(H,28,29)(H,26,27,30). The molecule has 152 valence electrons. The second-order valence-corrected chi connectivity index (χ2v) is 8.45. The number of amides is 2.